The van der Waals surface area contributed by atoms with Crippen LogP contribution >= 0.6 is 0 Å². The highest BCUT2D eigenvalue weighted by Gasteiger charge is 2.14. The van der Waals surface area contributed by atoms with Crippen LogP contribution in [0.25, 0.3) is 0 Å². The minimum Gasteiger partial charge on any atom is -0.376 e. The molecular weight excluding hydrogens is 190 g/mol. The molecule has 0 aromatic carbocycles. The molecule has 1 aromatic heterocycles. The van der Waals surface area contributed by atoms with Gasteiger partial charge >= 0.3 is 0 Å². The summed E-state index contributed by atoms with van der Waals surface area (Å²) in [4.78, 5) is 0. The molecule has 1 atom stereocenters. The van der Waals surface area contributed by atoms with Crippen LogP contribution in [0.5, 0.6) is 0 Å². The maximum Gasteiger partial charge on any atom is 0.0770 e. The Kier molecular flexibility index (Phi) is 3.75. The van der Waals surface area contributed by atoms with E-state index in [1.165, 1.54) is 18.4 Å². The maximum absolute atomic E-state index is 5.67. The van der Waals surface area contributed by atoms with Gasteiger partial charge in [0.1, 0.15) is 0 Å². The van der Waals surface area contributed by atoms with Crippen molar-refractivity contribution in [1.82, 2.24) is 9.78 Å². The lowest BCUT2D eigenvalue weighted by Crippen LogP contribution is -2.24. The van der Waals surface area contributed by atoms with Crippen molar-refractivity contribution < 1.29 is 4.74 Å². The van der Waals surface area contributed by atoms with Crippen LogP contribution in [0.3, 0.4) is 0 Å². The summed E-state index contributed by atoms with van der Waals surface area (Å²) in [5.74, 6) is 0. The average Bonchev–Trinajstić information content (AvgIpc) is 2.68. The van der Waals surface area contributed by atoms with Gasteiger partial charge in [0, 0.05) is 12.8 Å². The minimum atomic E-state index is 0.351. The fourth-order valence-electron chi connectivity index (χ4n) is 1.96. The molecule has 4 heteroatoms. The van der Waals surface area contributed by atoms with Crippen molar-refractivity contribution in [3.05, 3.63) is 18.0 Å². The Balaban J connectivity index is 1.86. The van der Waals surface area contributed by atoms with Crippen molar-refractivity contribution in [2.75, 3.05) is 13.2 Å². The third kappa shape index (κ3) is 3.04. The van der Waals surface area contributed by atoms with Crippen LogP contribution in [-0.2, 0) is 17.7 Å². The molecule has 0 saturated carbocycles. The normalized spacial score (nSPS) is 21.8. The molecule has 0 unspecified atom stereocenters. The third-order valence-corrected chi connectivity index (χ3v) is 2.78. The molecule has 0 spiro atoms. The lowest BCUT2D eigenvalue weighted by atomic mass is 10.1. The third-order valence-electron chi connectivity index (χ3n) is 2.78. The van der Waals surface area contributed by atoms with Crippen LogP contribution in [-0.4, -0.2) is 29.0 Å². The van der Waals surface area contributed by atoms with Gasteiger partial charge in [0.05, 0.1) is 18.8 Å². The van der Waals surface area contributed by atoms with Crippen LogP contribution in [0.1, 0.15) is 24.8 Å². The summed E-state index contributed by atoms with van der Waals surface area (Å²) < 4.78 is 7.64. The highest BCUT2D eigenvalue weighted by Crippen LogP contribution is 2.14. The molecular formula is C11H19N3O. The van der Waals surface area contributed by atoms with Gasteiger partial charge < -0.3 is 10.5 Å². The van der Waals surface area contributed by atoms with Gasteiger partial charge in [-0.1, -0.05) is 0 Å². The molecule has 4 nitrogen and oxygen atoms in total. The lowest BCUT2D eigenvalue weighted by molar-refractivity contribution is 0.00398. The molecule has 1 aliphatic rings. The van der Waals surface area contributed by atoms with Crippen molar-refractivity contribution in [3.8, 4) is 0 Å². The molecule has 0 aliphatic carbocycles. The summed E-state index contributed by atoms with van der Waals surface area (Å²) in [6, 6.07) is 0. The minimum absolute atomic E-state index is 0.351. The van der Waals surface area contributed by atoms with Crippen LogP contribution in [0.2, 0.25) is 0 Å². The zero-order valence-electron chi connectivity index (χ0n) is 9.06. The van der Waals surface area contributed by atoms with Gasteiger partial charge in [0.25, 0.3) is 0 Å². The van der Waals surface area contributed by atoms with E-state index in [4.69, 9.17) is 10.5 Å². The van der Waals surface area contributed by atoms with Crippen LogP contribution in [0, 0.1) is 0 Å². The van der Waals surface area contributed by atoms with E-state index in [2.05, 4.69) is 11.3 Å². The van der Waals surface area contributed by atoms with Gasteiger partial charge in [-0.25, -0.2) is 0 Å². The van der Waals surface area contributed by atoms with Crippen molar-refractivity contribution in [2.24, 2.45) is 5.73 Å². The zero-order chi connectivity index (χ0) is 10.5. The molecule has 2 N–H and O–H groups in total. The highest BCUT2D eigenvalue weighted by molar-refractivity contribution is 5.04. The lowest BCUT2D eigenvalue weighted by Gasteiger charge is -2.22. The molecule has 1 fully saturated rings. The Morgan fingerprint density at radius 3 is 3.20 bits per heavy atom. The largest absolute Gasteiger partial charge is 0.376 e. The first-order chi connectivity index (χ1) is 7.38. The quantitative estimate of drug-likeness (QED) is 0.803. The first kappa shape index (κ1) is 10.6. The fourth-order valence-corrected chi connectivity index (χ4v) is 1.96. The van der Waals surface area contributed by atoms with Crippen LogP contribution in [0.4, 0.5) is 0 Å². The number of nitrogens with two attached hydrogens (primary N) is 1. The SMILES string of the molecule is NCCc1cnn(C[C@H]2CCCCO2)c1. The highest BCUT2D eigenvalue weighted by atomic mass is 16.5. The topological polar surface area (TPSA) is 53.1 Å². The van der Waals surface area contributed by atoms with Gasteiger partial charge in [0.15, 0.2) is 0 Å². The number of hydrogen-bond donors (Lipinski definition) is 1. The van der Waals surface area contributed by atoms with E-state index in [1.54, 1.807) is 0 Å². The molecule has 1 aliphatic heterocycles. The van der Waals surface area contributed by atoms with Crippen molar-refractivity contribution in [1.29, 1.82) is 0 Å². The van der Waals surface area contributed by atoms with Gasteiger partial charge in [0.2, 0.25) is 0 Å². The molecule has 84 valence electrons. The van der Waals surface area contributed by atoms with Crippen molar-refractivity contribution >= 4 is 0 Å². The summed E-state index contributed by atoms with van der Waals surface area (Å²) in [5.41, 5.74) is 6.71. The first-order valence-corrected chi connectivity index (χ1v) is 5.71. The number of hydrogen-bond acceptors (Lipinski definition) is 3. The molecule has 2 heterocycles. The Morgan fingerprint density at radius 1 is 1.53 bits per heavy atom. The molecule has 0 radical (unpaired) electrons. The van der Waals surface area contributed by atoms with Crippen molar-refractivity contribution in [2.45, 2.75) is 38.3 Å². The Bertz CT molecular complexity index is 292. The standard InChI is InChI=1S/C11H19N3O/c12-5-4-10-7-13-14(8-10)9-11-3-1-2-6-15-11/h7-8,11H,1-6,9,12H2/t11-/m1/s1. The number of rotatable bonds is 4. The van der Waals surface area contributed by atoms with E-state index in [0.717, 1.165) is 26.0 Å². The average molecular weight is 209 g/mol. The van der Waals surface area contributed by atoms with E-state index in [-0.39, 0.29) is 0 Å². The fraction of sp³-hybridized carbons (Fsp3) is 0.727. The smallest absolute Gasteiger partial charge is 0.0770 e. The van der Waals surface area contributed by atoms with E-state index in [9.17, 15) is 0 Å². The Labute approximate surface area is 90.4 Å². The molecule has 1 aromatic rings. The van der Waals surface area contributed by atoms with Gasteiger partial charge in [-0.15, -0.1) is 0 Å². The predicted octanol–water partition coefficient (Wildman–Crippen LogP) is 0.953. The van der Waals surface area contributed by atoms with E-state index >= 15 is 0 Å². The van der Waals surface area contributed by atoms with Crippen LogP contribution in [0.15, 0.2) is 12.4 Å². The Hall–Kier alpha value is -0.870. The molecule has 15 heavy (non-hydrogen) atoms. The second-order valence-corrected chi connectivity index (χ2v) is 4.10. The van der Waals surface area contributed by atoms with Crippen molar-refractivity contribution in [3.63, 3.8) is 0 Å². The van der Waals surface area contributed by atoms with Gasteiger partial charge in [-0.2, -0.15) is 5.10 Å². The second-order valence-electron chi connectivity index (χ2n) is 4.10. The summed E-state index contributed by atoms with van der Waals surface area (Å²) in [6.07, 6.45) is 8.87. The summed E-state index contributed by atoms with van der Waals surface area (Å²) in [6.45, 7) is 2.47. The van der Waals surface area contributed by atoms with Gasteiger partial charge in [-0.3, -0.25) is 4.68 Å². The monoisotopic (exact) mass is 209 g/mol. The molecule has 0 bridgehead atoms. The predicted molar refractivity (Wildman–Crippen MR) is 58.6 cm³/mol. The van der Waals surface area contributed by atoms with Gasteiger partial charge in [-0.05, 0) is 37.8 Å². The summed E-state index contributed by atoms with van der Waals surface area (Å²) in [5, 5.41) is 4.31. The Morgan fingerprint density at radius 2 is 2.47 bits per heavy atom. The first-order valence-electron chi connectivity index (χ1n) is 5.71. The van der Waals surface area contributed by atoms with Crippen LogP contribution < -0.4 is 5.73 Å². The maximum atomic E-state index is 5.67. The molecule has 2 rings (SSSR count). The number of ether oxygens (including phenoxy) is 1. The second kappa shape index (κ2) is 5.28. The number of aromatic nitrogens is 2. The summed E-state index contributed by atoms with van der Waals surface area (Å²) >= 11 is 0. The molecule has 1 saturated heterocycles. The summed E-state index contributed by atoms with van der Waals surface area (Å²) in [7, 11) is 0. The van der Waals surface area contributed by atoms with E-state index in [0.29, 0.717) is 12.6 Å². The van der Waals surface area contributed by atoms with E-state index < -0.39 is 0 Å². The molecule has 0 amide bonds. The zero-order valence-corrected chi connectivity index (χ0v) is 9.06. The number of nitrogens with zero attached hydrogens (tertiary/aromatic N) is 2. The van der Waals surface area contributed by atoms with E-state index in [1.807, 2.05) is 10.9 Å².